The molecule has 5 heterocycles. The van der Waals surface area contributed by atoms with E-state index in [-0.39, 0.29) is 30.3 Å². The Balaban J connectivity index is 1.37. The lowest BCUT2D eigenvalue weighted by atomic mass is 9.82. The number of piperidine rings is 2. The predicted molar refractivity (Wildman–Crippen MR) is 108 cm³/mol. The molecule has 0 spiro atoms. The van der Waals surface area contributed by atoms with E-state index in [4.69, 9.17) is 0 Å². The second kappa shape index (κ2) is 6.51. The van der Waals surface area contributed by atoms with Crippen LogP contribution in [0.15, 0.2) is 12.1 Å². The summed E-state index contributed by atoms with van der Waals surface area (Å²) in [5.41, 5.74) is 1.70. The van der Waals surface area contributed by atoms with Gasteiger partial charge < -0.3 is 9.80 Å². The molecule has 7 nitrogen and oxygen atoms in total. The third kappa shape index (κ3) is 2.92. The largest absolute Gasteiger partial charge is 0.366 e. The lowest BCUT2D eigenvalue weighted by Gasteiger charge is -2.61. The minimum atomic E-state index is -0.683. The highest BCUT2D eigenvalue weighted by molar-refractivity contribution is 6.05. The number of carbonyl (C=O) groups excluding carboxylic acids is 3. The molecule has 160 valence electrons. The van der Waals surface area contributed by atoms with Crippen molar-refractivity contribution in [1.29, 1.82) is 0 Å². The van der Waals surface area contributed by atoms with E-state index in [0.29, 0.717) is 29.8 Å². The van der Waals surface area contributed by atoms with Crippen LogP contribution in [-0.4, -0.2) is 64.3 Å². The molecule has 3 atom stereocenters. The molecule has 5 aliphatic rings. The summed E-state index contributed by atoms with van der Waals surface area (Å²) in [5.74, 6) is -1.51. The number of imide groups is 1. The number of nitrogens with one attached hydrogen (secondary N) is 1. The summed E-state index contributed by atoms with van der Waals surface area (Å²) in [7, 11) is 0. The molecule has 30 heavy (non-hydrogen) atoms. The molecule has 0 aliphatic carbocycles. The van der Waals surface area contributed by atoms with Gasteiger partial charge >= 0.3 is 0 Å². The molecular weight excluding hydrogens is 387 g/mol. The van der Waals surface area contributed by atoms with E-state index in [9.17, 15) is 14.4 Å². The summed E-state index contributed by atoms with van der Waals surface area (Å²) >= 11 is 0. The summed E-state index contributed by atoms with van der Waals surface area (Å²) in [5, 5.41) is 2.30. The molecule has 3 amide bonds. The van der Waals surface area contributed by atoms with Crippen LogP contribution in [0.25, 0.3) is 0 Å². The lowest BCUT2D eigenvalue weighted by molar-refractivity contribution is -0.136. The summed E-state index contributed by atoms with van der Waals surface area (Å²) < 4.78 is 15.0. The molecule has 1 N–H and O–H groups in total. The number of halogens is 1. The van der Waals surface area contributed by atoms with Gasteiger partial charge in [-0.15, -0.1) is 0 Å². The monoisotopic (exact) mass is 414 g/mol. The number of hydrogen-bond acceptors (Lipinski definition) is 5. The maximum Gasteiger partial charge on any atom is 0.255 e. The molecular formula is C22H27FN4O3. The number of carbonyl (C=O) groups is 3. The first-order chi connectivity index (χ1) is 14.1. The smallest absolute Gasteiger partial charge is 0.255 e. The van der Waals surface area contributed by atoms with E-state index >= 15 is 4.39 Å². The van der Waals surface area contributed by atoms with Gasteiger partial charge in [0.05, 0.1) is 5.69 Å². The Labute approximate surface area is 175 Å². The number of rotatable bonds is 2. The van der Waals surface area contributed by atoms with E-state index in [1.807, 2.05) is 0 Å². The van der Waals surface area contributed by atoms with E-state index in [1.165, 1.54) is 11.0 Å². The highest BCUT2D eigenvalue weighted by atomic mass is 19.1. The molecule has 8 heteroatoms. The average Bonchev–Trinajstić information content (AvgIpc) is 2.95. The minimum absolute atomic E-state index is 0.102. The van der Waals surface area contributed by atoms with Gasteiger partial charge in [-0.2, -0.15) is 0 Å². The second-order valence-electron chi connectivity index (χ2n) is 9.89. The number of hydrogen-bond donors (Lipinski definition) is 1. The van der Waals surface area contributed by atoms with Gasteiger partial charge in [0.25, 0.3) is 5.91 Å². The zero-order valence-corrected chi connectivity index (χ0v) is 17.6. The fraction of sp³-hybridized carbons (Fsp3) is 0.591. The minimum Gasteiger partial charge on any atom is -0.366 e. The topological polar surface area (TPSA) is 73.0 Å². The van der Waals surface area contributed by atoms with Crippen LogP contribution in [-0.2, 0) is 16.1 Å². The predicted octanol–water partition coefficient (Wildman–Crippen LogP) is 1.65. The average molecular weight is 414 g/mol. The molecule has 5 aliphatic heterocycles. The fourth-order valence-electron chi connectivity index (χ4n) is 5.72. The van der Waals surface area contributed by atoms with Crippen LogP contribution in [0.1, 0.15) is 56.0 Å². The van der Waals surface area contributed by atoms with Crippen molar-refractivity contribution in [3.05, 3.63) is 29.1 Å². The Kier molecular flexibility index (Phi) is 4.23. The summed E-state index contributed by atoms with van der Waals surface area (Å²) in [4.78, 5) is 42.6. The zero-order valence-electron chi connectivity index (χ0n) is 17.6. The summed E-state index contributed by atoms with van der Waals surface area (Å²) in [6.07, 6.45) is 1.65. The maximum absolute atomic E-state index is 15.0. The van der Waals surface area contributed by atoms with Crippen molar-refractivity contribution in [2.24, 2.45) is 0 Å². The van der Waals surface area contributed by atoms with Crippen molar-refractivity contribution in [3.8, 4) is 0 Å². The number of amides is 3. The van der Waals surface area contributed by atoms with E-state index in [1.54, 1.807) is 6.07 Å². The Hall–Kier alpha value is -2.48. The van der Waals surface area contributed by atoms with Gasteiger partial charge in [0, 0.05) is 49.2 Å². The normalized spacial score (nSPS) is 29.1. The standard InChI is InChI=1S/C22H27FN4O3/c1-22(2,3)27-13-7-14(27)11-25(10-13)18-6-12-9-26(21(30)15(12)8-16(18)23)17-4-5-19(28)24-20(17)29/h6,8,13-14,17H,4-5,7,9-11H2,1-3H3,(H,24,28,29)/t13?,14?,17-/m1/s1. The Morgan fingerprint density at radius 1 is 1.10 bits per heavy atom. The van der Waals surface area contributed by atoms with Crippen LogP contribution >= 0.6 is 0 Å². The molecule has 0 saturated carbocycles. The molecule has 6 rings (SSSR count). The van der Waals surface area contributed by atoms with Gasteiger partial charge in [0.2, 0.25) is 11.8 Å². The van der Waals surface area contributed by atoms with Crippen LogP contribution < -0.4 is 10.2 Å². The molecule has 2 unspecified atom stereocenters. The SMILES string of the molecule is CC(C)(C)N1C2CC1CN(c1cc3c(cc1F)C(=O)N([C@@H]1CCC(=O)NC1=O)C3)C2. The van der Waals surface area contributed by atoms with Crippen molar-refractivity contribution in [2.45, 2.75) is 70.2 Å². The van der Waals surface area contributed by atoms with Gasteiger partial charge in [0.1, 0.15) is 11.9 Å². The molecule has 2 bridgehead atoms. The van der Waals surface area contributed by atoms with Crippen molar-refractivity contribution in [1.82, 2.24) is 15.1 Å². The Bertz CT molecular complexity index is 944. The molecule has 0 aromatic heterocycles. The number of nitrogens with zero attached hydrogens (tertiary/aromatic N) is 3. The van der Waals surface area contributed by atoms with Crippen molar-refractivity contribution >= 4 is 23.4 Å². The molecule has 4 saturated heterocycles. The van der Waals surface area contributed by atoms with Gasteiger partial charge in [0.15, 0.2) is 0 Å². The Morgan fingerprint density at radius 3 is 2.43 bits per heavy atom. The molecule has 1 aromatic rings. The van der Waals surface area contributed by atoms with Crippen LogP contribution in [0.5, 0.6) is 0 Å². The summed E-state index contributed by atoms with van der Waals surface area (Å²) in [6, 6.07) is 3.24. The highest BCUT2D eigenvalue weighted by Gasteiger charge is 2.49. The fourth-order valence-corrected chi connectivity index (χ4v) is 5.72. The van der Waals surface area contributed by atoms with Gasteiger partial charge in [-0.25, -0.2) is 4.39 Å². The number of benzene rings is 1. The summed E-state index contributed by atoms with van der Waals surface area (Å²) in [6.45, 7) is 8.46. The number of anilines is 1. The van der Waals surface area contributed by atoms with Crippen LogP contribution in [0.2, 0.25) is 0 Å². The van der Waals surface area contributed by atoms with E-state index < -0.39 is 17.8 Å². The molecule has 0 radical (unpaired) electrons. The highest BCUT2D eigenvalue weighted by Crippen LogP contribution is 2.41. The molecule has 1 aromatic carbocycles. The van der Waals surface area contributed by atoms with E-state index in [0.717, 1.165) is 25.1 Å². The molecule has 4 fully saturated rings. The van der Waals surface area contributed by atoms with E-state index in [2.05, 4.69) is 35.9 Å². The van der Waals surface area contributed by atoms with Crippen molar-refractivity contribution < 1.29 is 18.8 Å². The van der Waals surface area contributed by atoms with Crippen LogP contribution in [0, 0.1) is 5.82 Å². The lowest BCUT2D eigenvalue weighted by Crippen LogP contribution is -2.73. The quantitative estimate of drug-likeness (QED) is 0.745. The van der Waals surface area contributed by atoms with Gasteiger partial charge in [-0.3, -0.25) is 24.6 Å². The third-order valence-electron chi connectivity index (χ3n) is 6.90. The van der Waals surface area contributed by atoms with Crippen molar-refractivity contribution in [3.63, 3.8) is 0 Å². The second-order valence-corrected chi connectivity index (χ2v) is 9.89. The van der Waals surface area contributed by atoms with Gasteiger partial charge in [-0.1, -0.05) is 0 Å². The number of piperazine rings is 1. The maximum atomic E-state index is 15.0. The first-order valence-electron chi connectivity index (χ1n) is 10.6. The van der Waals surface area contributed by atoms with Crippen LogP contribution in [0.3, 0.4) is 0 Å². The zero-order chi connectivity index (χ0) is 21.4. The van der Waals surface area contributed by atoms with Crippen LogP contribution in [0.4, 0.5) is 10.1 Å². The first kappa shape index (κ1) is 19.5. The van der Waals surface area contributed by atoms with Crippen molar-refractivity contribution in [2.75, 3.05) is 18.0 Å². The number of fused-ring (bicyclic) bond motifs is 3. The first-order valence-corrected chi connectivity index (χ1v) is 10.6. The van der Waals surface area contributed by atoms with Gasteiger partial charge in [-0.05, 0) is 51.3 Å². The third-order valence-corrected chi connectivity index (χ3v) is 6.90. The Morgan fingerprint density at radius 2 is 1.80 bits per heavy atom.